The van der Waals surface area contributed by atoms with Crippen LogP contribution in [0.15, 0.2) is 28.7 Å². The predicted octanol–water partition coefficient (Wildman–Crippen LogP) is 3.58. The zero-order valence-electron chi connectivity index (χ0n) is 6.91. The summed E-state index contributed by atoms with van der Waals surface area (Å²) in [5.74, 6) is -0.326. The van der Waals surface area contributed by atoms with E-state index in [1.54, 1.807) is 20.8 Å². The van der Waals surface area contributed by atoms with Crippen LogP contribution in [0.1, 0.15) is 20.8 Å². The Bertz CT molecular complexity index is 224. The van der Waals surface area contributed by atoms with Gasteiger partial charge in [-0.1, -0.05) is 6.58 Å². The van der Waals surface area contributed by atoms with E-state index in [1.807, 2.05) is 0 Å². The molecule has 0 saturated heterocycles. The van der Waals surface area contributed by atoms with Crippen LogP contribution < -0.4 is 0 Å². The number of nitrogens with zero attached hydrogens (tertiary/aromatic N) is 1. The lowest BCUT2D eigenvalue weighted by molar-refractivity contribution is 0.672. The van der Waals surface area contributed by atoms with E-state index < -0.39 is 0 Å². The van der Waals surface area contributed by atoms with Crippen LogP contribution in [0.25, 0.3) is 0 Å². The van der Waals surface area contributed by atoms with E-state index in [0.29, 0.717) is 11.3 Å². The summed E-state index contributed by atoms with van der Waals surface area (Å²) in [6, 6.07) is 0. The topological polar surface area (TPSA) is 12.4 Å². The Morgan fingerprint density at radius 2 is 1.82 bits per heavy atom. The van der Waals surface area contributed by atoms with Gasteiger partial charge in [0.1, 0.15) is 4.62 Å². The Labute approximate surface area is 74.8 Å². The lowest BCUT2D eigenvalue weighted by atomic mass is 10.3. The third-order valence-electron chi connectivity index (χ3n) is 0.909. The lowest BCUT2D eigenvalue weighted by Gasteiger charge is -1.96. The van der Waals surface area contributed by atoms with E-state index >= 15 is 0 Å². The van der Waals surface area contributed by atoms with E-state index in [-0.39, 0.29) is 10.4 Å². The molecule has 0 aliphatic heterocycles. The van der Waals surface area contributed by atoms with E-state index in [4.69, 9.17) is 0 Å². The van der Waals surface area contributed by atoms with Crippen molar-refractivity contribution in [1.82, 2.24) is 0 Å². The standard InChI is InChI=1S/C8H11BrFN/c1-5(2)7(10)8(9)11-6(3)4/h3H2,1-2,4H3. The average Bonchev–Trinajstić information content (AvgIpc) is 1.84. The third kappa shape index (κ3) is 4.09. The minimum absolute atomic E-state index is 0.213. The molecule has 0 aromatic rings. The van der Waals surface area contributed by atoms with Crippen molar-refractivity contribution in [2.24, 2.45) is 4.99 Å². The molecule has 0 unspecified atom stereocenters. The SMILES string of the molecule is C=C(C)N=C(Br)C(F)=C(C)C. The molecule has 3 heteroatoms. The van der Waals surface area contributed by atoms with Gasteiger partial charge in [-0.25, -0.2) is 9.38 Å². The quantitative estimate of drug-likeness (QED) is 0.630. The summed E-state index contributed by atoms with van der Waals surface area (Å²) < 4.78 is 13.2. The van der Waals surface area contributed by atoms with Crippen molar-refractivity contribution in [1.29, 1.82) is 0 Å². The van der Waals surface area contributed by atoms with Gasteiger partial charge in [0.15, 0.2) is 5.83 Å². The highest BCUT2D eigenvalue weighted by atomic mass is 79.9. The van der Waals surface area contributed by atoms with E-state index in [1.165, 1.54) is 0 Å². The molecular formula is C8H11BrFN. The molecule has 1 nitrogen and oxygen atoms in total. The first kappa shape index (κ1) is 10.6. The van der Waals surface area contributed by atoms with Crippen LogP contribution in [-0.2, 0) is 0 Å². The van der Waals surface area contributed by atoms with Gasteiger partial charge < -0.3 is 0 Å². The number of hydrogen-bond acceptors (Lipinski definition) is 1. The maximum atomic E-state index is 12.9. The molecule has 0 saturated carbocycles. The van der Waals surface area contributed by atoms with Gasteiger partial charge in [-0.15, -0.1) is 0 Å². The lowest BCUT2D eigenvalue weighted by Crippen LogP contribution is -1.89. The fourth-order valence-corrected chi connectivity index (χ4v) is 1.12. The Kier molecular flexibility index (Phi) is 4.26. The third-order valence-corrected chi connectivity index (χ3v) is 1.43. The average molecular weight is 220 g/mol. The Morgan fingerprint density at radius 1 is 1.36 bits per heavy atom. The second-order valence-electron chi connectivity index (χ2n) is 2.45. The molecule has 0 spiro atoms. The second-order valence-corrected chi connectivity index (χ2v) is 3.20. The van der Waals surface area contributed by atoms with Crippen molar-refractivity contribution < 1.29 is 4.39 Å². The smallest absolute Gasteiger partial charge is 0.154 e. The van der Waals surface area contributed by atoms with Crippen molar-refractivity contribution >= 4 is 20.6 Å². The van der Waals surface area contributed by atoms with Gasteiger partial charge in [0.2, 0.25) is 0 Å². The molecule has 0 fully saturated rings. The summed E-state index contributed by atoms with van der Waals surface area (Å²) in [6.45, 7) is 8.61. The summed E-state index contributed by atoms with van der Waals surface area (Å²) in [4.78, 5) is 3.80. The first-order chi connectivity index (χ1) is 4.95. The Balaban J connectivity index is 4.63. The highest BCUT2D eigenvalue weighted by molar-refractivity contribution is 9.18. The molecule has 0 radical (unpaired) electrons. The minimum Gasteiger partial charge on any atom is -0.244 e. The van der Waals surface area contributed by atoms with E-state index in [9.17, 15) is 4.39 Å². The first-order valence-electron chi connectivity index (χ1n) is 3.18. The number of allylic oxidation sites excluding steroid dienone is 3. The predicted molar refractivity (Wildman–Crippen MR) is 50.7 cm³/mol. The van der Waals surface area contributed by atoms with Crippen LogP contribution in [0.4, 0.5) is 4.39 Å². The van der Waals surface area contributed by atoms with Gasteiger partial charge in [-0.3, -0.25) is 0 Å². The molecular weight excluding hydrogens is 209 g/mol. The van der Waals surface area contributed by atoms with Crippen molar-refractivity contribution in [3.8, 4) is 0 Å². The van der Waals surface area contributed by atoms with Crippen LogP contribution in [0.5, 0.6) is 0 Å². The summed E-state index contributed by atoms with van der Waals surface area (Å²) in [6.07, 6.45) is 0. The fourth-order valence-electron chi connectivity index (χ4n) is 0.423. The van der Waals surface area contributed by atoms with Crippen LogP contribution in [0, 0.1) is 0 Å². The molecule has 0 aliphatic rings. The van der Waals surface area contributed by atoms with Gasteiger partial charge in [0, 0.05) is 5.70 Å². The maximum absolute atomic E-state index is 12.9. The van der Waals surface area contributed by atoms with Gasteiger partial charge in [0.25, 0.3) is 0 Å². The highest BCUT2D eigenvalue weighted by Gasteiger charge is 2.02. The molecule has 11 heavy (non-hydrogen) atoms. The Hall–Kier alpha value is -0.440. The van der Waals surface area contributed by atoms with Crippen LogP contribution in [-0.4, -0.2) is 4.62 Å². The van der Waals surface area contributed by atoms with Gasteiger partial charge in [-0.2, -0.15) is 0 Å². The second kappa shape index (κ2) is 4.44. The molecule has 0 amide bonds. The summed E-state index contributed by atoms with van der Waals surface area (Å²) in [5.41, 5.74) is 1.18. The zero-order chi connectivity index (χ0) is 9.02. The number of halogens is 2. The number of aliphatic imine (C=N–C) groups is 1. The van der Waals surface area contributed by atoms with Crippen molar-refractivity contribution in [3.05, 3.63) is 23.7 Å². The van der Waals surface area contributed by atoms with Gasteiger partial charge in [-0.05, 0) is 42.3 Å². The molecule has 0 atom stereocenters. The molecule has 0 aromatic carbocycles. The zero-order valence-corrected chi connectivity index (χ0v) is 8.50. The molecule has 0 rings (SSSR count). The van der Waals surface area contributed by atoms with E-state index in [0.717, 1.165) is 0 Å². The van der Waals surface area contributed by atoms with Gasteiger partial charge >= 0.3 is 0 Å². The monoisotopic (exact) mass is 219 g/mol. The molecule has 0 aliphatic carbocycles. The van der Waals surface area contributed by atoms with Crippen molar-refractivity contribution in [2.45, 2.75) is 20.8 Å². The highest BCUT2D eigenvalue weighted by Crippen LogP contribution is 2.13. The van der Waals surface area contributed by atoms with Crippen molar-refractivity contribution in [3.63, 3.8) is 0 Å². The number of rotatable bonds is 2. The number of hydrogen-bond donors (Lipinski definition) is 0. The largest absolute Gasteiger partial charge is 0.244 e. The van der Waals surface area contributed by atoms with Crippen LogP contribution >= 0.6 is 15.9 Å². The normalized spacial score (nSPS) is 11.2. The molecule has 0 aromatic heterocycles. The summed E-state index contributed by atoms with van der Waals surface area (Å²) >= 11 is 3.00. The van der Waals surface area contributed by atoms with Crippen LogP contribution in [0.2, 0.25) is 0 Å². The van der Waals surface area contributed by atoms with Crippen molar-refractivity contribution in [2.75, 3.05) is 0 Å². The van der Waals surface area contributed by atoms with Gasteiger partial charge in [0.05, 0.1) is 0 Å². The molecule has 0 bridgehead atoms. The maximum Gasteiger partial charge on any atom is 0.154 e. The van der Waals surface area contributed by atoms with E-state index in [2.05, 4.69) is 27.5 Å². The molecule has 62 valence electrons. The first-order valence-corrected chi connectivity index (χ1v) is 3.97. The Morgan fingerprint density at radius 3 is 2.09 bits per heavy atom. The fraction of sp³-hybridized carbons (Fsp3) is 0.375. The minimum atomic E-state index is -0.326. The summed E-state index contributed by atoms with van der Waals surface area (Å²) in [7, 11) is 0. The molecule has 0 N–H and O–H groups in total. The molecule has 0 heterocycles. The summed E-state index contributed by atoms with van der Waals surface area (Å²) in [5, 5.41) is 0. The van der Waals surface area contributed by atoms with Crippen LogP contribution in [0.3, 0.4) is 0 Å².